The summed E-state index contributed by atoms with van der Waals surface area (Å²) < 4.78 is 0. The minimum absolute atomic E-state index is 0.138. The van der Waals surface area contributed by atoms with Crippen LogP contribution in [0.15, 0.2) is 0 Å². The van der Waals surface area contributed by atoms with Crippen molar-refractivity contribution in [3.05, 3.63) is 0 Å². The normalized spacial score (nSPS) is 27.0. The summed E-state index contributed by atoms with van der Waals surface area (Å²) in [5.74, 6) is 0. The highest BCUT2D eigenvalue weighted by Crippen LogP contribution is 2.13. The van der Waals surface area contributed by atoms with E-state index in [9.17, 15) is 5.11 Å². The van der Waals surface area contributed by atoms with Gasteiger partial charge >= 0.3 is 0 Å². The molecule has 0 aromatic heterocycles. The Morgan fingerprint density at radius 3 is 2.69 bits per heavy atom. The van der Waals surface area contributed by atoms with Crippen LogP contribution in [-0.2, 0) is 0 Å². The first-order valence-corrected chi connectivity index (χ1v) is 5.20. The van der Waals surface area contributed by atoms with E-state index in [1.54, 1.807) is 0 Å². The lowest BCUT2D eigenvalue weighted by atomic mass is 10.2. The maximum absolute atomic E-state index is 9.49. The Bertz CT molecular complexity index is 150. The quantitative estimate of drug-likeness (QED) is 0.688. The Morgan fingerprint density at radius 2 is 2.23 bits per heavy atom. The van der Waals surface area contributed by atoms with Crippen molar-refractivity contribution in [1.82, 2.24) is 9.80 Å². The predicted octanol–water partition coefficient (Wildman–Crippen LogP) is 0.393. The Kier molecular flexibility index (Phi) is 4.16. The smallest absolute Gasteiger partial charge is 0.0664 e. The molecule has 3 nitrogen and oxygen atoms in total. The first kappa shape index (κ1) is 11.0. The van der Waals surface area contributed by atoms with Crippen molar-refractivity contribution in [2.24, 2.45) is 0 Å². The van der Waals surface area contributed by atoms with E-state index in [4.69, 9.17) is 0 Å². The van der Waals surface area contributed by atoms with Crippen LogP contribution in [0.1, 0.15) is 19.8 Å². The second kappa shape index (κ2) is 4.94. The SMILES string of the molecule is CCC(O)CN1CCC(N(C)C)C1. The van der Waals surface area contributed by atoms with Gasteiger partial charge in [-0.05, 0) is 33.5 Å². The number of nitrogens with zero attached hydrogens (tertiary/aromatic N) is 2. The van der Waals surface area contributed by atoms with Gasteiger partial charge in [-0.2, -0.15) is 0 Å². The molecule has 0 saturated carbocycles. The van der Waals surface area contributed by atoms with Crippen molar-refractivity contribution in [3.63, 3.8) is 0 Å². The molecule has 0 radical (unpaired) electrons. The minimum Gasteiger partial charge on any atom is -0.392 e. The number of rotatable bonds is 4. The highest BCUT2D eigenvalue weighted by molar-refractivity contribution is 4.81. The second-order valence-corrected chi connectivity index (χ2v) is 4.23. The highest BCUT2D eigenvalue weighted by Gasteiger charge is 2.24. The zero-order valence-electron chi connectivity index (χ0n) is 9.03. The van der Waals surface area contributed by atoms with Crippen molar-refractivity contribution in [2.75, 3.05) is 33.7 Å². The van der Waals surface area contributed by atoms with Gasteiger partial charge in [0.2, 0.25) is 0 Å². The highest BCUT2D eigenvalue weighted by atomic mass is 16.3. The molecule has 1 heterocycles. The Hall–Kier alpha value is -0.120. The number of aliphatic hydroxyl groups excluding tert-OH is 1. The van der Waals surface area contributed by atoms with E-state index in [1.807, 2.05) is 6.92 Å². The third-order valence-corrected chi connectivity index (χ3v) is 2.92. The number of likely N-dealkylation sites (N-methyl/N-ethyl adjacent to an activating group) is 1. The van der Waals surface area contributed by atoms with E-state index < -0.39 is 0 Å². The fourth-order valence-corrected chi connectivity index (χ4v) is 1.83. The standard InChI is InChI=1S/C10H22N2O/c1-4-10(13)8-12-6-5-9(7-12)11(2)3/h9-10,13H,4-8H2,1-3H3. The first-order valence-electron chi connectivity index (χ1n) is 5.20. The number of aliphatic hydroxyl groups is 1. The van der Waals surface area contributed by atoms with Crippen LogP contribution in [0.25, 0.3) is 0 Å². The lowest BCUT2D eigenvalue weighted by Crippen LogP contribution is -2.34. The molecule has 1 rings (SSSR count). The van der Waals surface area contributed by atoms with Crippen LogP contribution in [0.4, 0.5) is 0 Å². The zero-order valence-corrected chi connectivity index (χ0v) is 9.03. The van der Waals surface area contributed by atoms with Crippen LogP contribution in [0.5, 0.6) is 0 Å². The molecule has 1 N–H and O–H groups in total. The average Bonchev–Trinajstić information content (AvgIpc) is 2.52. The predicted molar refractivity (Wildman–Crippen MR) is 54.8 cm³/mol. The molecule has 1 fully saturated rings. The van der Waals surface area contributed by atoms with Crippen LogP contribution in [0, 0.1) is 0 Å². The van der Waals surface area contributed by atoms with Gasteiger partial charge in [0, 0.05) is 19.1 Å². The lowest BCUT2D eigenvalue weighted by Gasteiger charge is -2.21. The monoisotopic (exact) mass is 186 g/mol. The molecular formula is C10H22N2O. The van der Waals surface area contributed by atoms with E-state index >= 15 is 0 Å². The van der Waals surface area contributed by atoms with Crippen LogP contribution < -0.4 is 0 Å². The van der Waals surface area contributed by atoms with Gasteiger partial charge in [0.05, 0.1) is 6.10 Å². The summed E-state index contributed by atoms with van der Waals surface area (Å²) in [7, 11) is 4.26. The molecule has 1 aliphatic rings. The van der Waals surface area contributed by atoms with Crippen molar-refractivity contribution >= 4 is 0 Å². The van der Waals surface area contributed by atoms with Gasteiger partial charge in [0.25, 0.3) is 0 Å². The van der Waals surface area contributed by atoms with Crippen molar-refractivity contribution in [3.8, 4) is 0 Å². The van der Waals surface area contributed by atoms with E-state index in [0.29, 0.717) is 6.04 Å². The van der Waals surface area contributed by atoms with E-state index in [1.165, 1.54) is 6.42 Å². The topological polar surface area (TPSA) is 26.7 Å². The minimum atomic E-state index is -0.138. The number of hydrogen-bond acceptors (Lipinski definition) is 3. The van der Waals surface area contributed by atoms with Gasteiger partial charge in [-0.1, -0.05) is 6.92 Å². The lowest BCUT2D eigenvalue weighted by molar-refractivity contribution is 0.118. The summed E-state index contributed by atoms with van der Waals surface area (Å²) in [5, 5.41) is 9.49. The molecule has 3 heteroatoms. The largest absolute Gasteiger partial charge is 0.392 e. The maximum Gasteiger partial charge on any atom is 0.0664 e. The van der Waals surface area contributed by atoms with Gasteiger partial charge in [-0.3, -0.25) is 4.90 Å². The molecule has 78 valence electrons. The summed E-state index contributed by atoms with van der Waals surface area (Å²) in [6.07, 6.45) is 1.97. The fourth-order valence-electron chi connectivity index (χ4n) is 1.83. The van der Waals surface area contributed by atoms with Gasteiger partial charge < -0.3 is 10.0 Å². The number of hydrogen-bond donors (Lipinski definition) is 1. The van der Waals surface area contributed by atoms with E-state index in [0.717, 1.165) is 26.1 Å². The molecule has 0 spiro atoms. The summed E-state index contributed by atoms with van der Waals surface area (Å²) >= 11 is 0. The summed E-state index contributed by atoms with van der Waals surface area (Å²) in [5.41, 5.74) is 0. The van der Waals surface area contributed by atoms with Gasteiger partial charge in [-0.25, -0.2) is 0 Å². The summed E-state index contributed by atoms with van der Waals surface area (Å²) in [6.45, 7) is 5.13. The van der Waals surface area contributed by atoms with E-state index in [2.05, 4.69) is 23.9 Å². The van der Waals surface area contributed by atoms with Crippen LogP contribution in [-0.4, -0.2) is 60.8 Å². The molecule has 0 amide bonds. The molecule has 0 aromatic carbocycles. The molecule has 1 saturated heterocycles. The molecule has 13 heavy (non-hydrogen) atoms. The van der Waals surface area contributed by atoms with Gasteiger partial charge in [0.1, 0.15) is 0 Å². The van der Waals surface area contributed by atoms with Gasteiger partial charge in [-0.15, -0.1) is 0 Å². The Balaban J connectivity index is 2.25. The molecule has 2 unspecified atom stereocenters. The first-order chi connectivity index (χ1) is 6.13. The maximum atomic E-state index is 9.49. The fraction of sp³-hybridized carbons (Fsp3) is 1.00. The van der Waals surface area contributed by atoms with Gasteiger partial charge in [0.15, 0.2) is 0 Å². The van der Waals surface area contributed by atoms with Crippen LogP contribution in [0.2, 0.25) is 0 Å². The third-order valence-electron chi connectivity index (χ3n) is 2.92. The molecule has 2 atom stereocenters. The number of β-amino-alcohol motifs (C(OH)–C–C–N with tert-alkyl or cyclic N) is 1. The zero-order chi connectivity index (χ0) is 9.84. The summed E-state index contributed by atoms with van der Waals surface area (Å²) in [6, 6.07) is 0.684. The molecule has 1 aliphatic heterocycles. The van der Waals surface area contributed by atoms with Crippen molar-refractivity contribution in [2.45, 2.75) is 31.9 Å². The molecule has 0 aromatic rings. The Morgan fingerprint density at radius 1 is 1.54 bits per heavy atom. The number of likely N-dealkylation sites (tertiary alicyclic amines) is 1. The van der Waals surface area contributed by atoms with Crippen LogP contribution in [0.3, 0.4) is 0 Å². The molecule has 0 aliphatic carbocycles. The van der Waals surface area contributed by atoms with Crippen molar-refractivity contribution in [1.29, 1.82) is 0 Å². The average molecular weight is 186 g/mol. The second-order valence-electron chi connectivity index (χ2n) is 4.23. The van der Waals surface area contributed by atoms with Crippen molar-refractivity contribution < 1.29 is 5.11 Å². The van der Waals surface area contributed by atoms with Crippen LogP contribution >= 0.6 is 0 Å². The third kappa shape index (κ3) is 3.25. The molecular weight excluding hydrogens is 164 g/mol. The summed E-state index contributed by atoms with van der Waals surface area (Å²) in [4.78, 5) is 4.64. The molecule has 0 bridgehead atoms. The Labute approximate surface area is 81.3 Å². The van der Waals surface area contributed by atoms with E-state index in [-0.39, 0.29) is 6.10 Å².